The van der Waals surface area contributed by atoms with Crippen LogP contribution in [0.4, 0.5) is 18.9 Å². The molecule has 1 unspecified atom stereocenters. The van der Waals surface area contributed by atoms with Crippen molar-refractivity contribution in [3.63, 3.8) is 0 Å². The third-order valence-corrected chi connectivity index (χ3v) is 9.58. The van der Waals surface area contributed by atoms with Crippen molar-refractivity contribution >= 4 is 33.2 Å². The van der Waals surface area contributed by atoms with Crippen LogP contribution in [-0.2, 0) is 20.8 Å². The fourth-order valence-electron chi connectivity index (χ4n) is 4.39. The first-order valence-corrected chi connectivity index (χ1v) is 14.7. The van der Waals surface area contributed by atoms with Gasteiger partial charge in [-0.15, -0.1) is 18.3 Å². The van der Waals surface area contributed by atoms with Gasteiger partial charge in [-0.3, -0.25) is 4.79 Å². The third kappa shape index (κ3) is 8.09. The van der Waals surface area contributed by atoms with Crippen molar-refractivity contribution in [3.8, 4) is 0 Å². The zero-order chi connectivity index (χ0) is 26.2. The van der Waals surface area contributed by atoms with E-state index in [1.165, 1.54) is 56.0 Å². The Kier molecular flexibility index (Phi) is 10.0. The summed E-state index contributed by atoms with van der Waals surface area (Å²) in [4.78, 5) is 16.8. The lowest BCUT2D eigenvalue weighted by Crippen LogP contribution is -2.18. The van der Waals surface area contributed by atoms with E-state index in [1.807, 2.05) is 0 Å². The van der Waals surface area contributed by atoms with Crippen molar-refractivity contribution in [2.45, 2.75) is 61.4 Å². The summed E-state index contributed by atoms with van der Waals surface area (Å²) in [5, 5.41) is 2.12. The first kappa shape index (κ1) is 28.2. The molecule has 1 aromatic heterocycles. The quantitative estimate of drug-likeness (QED) is 0.250. The summed E-state index contributed by atoms with van der Waals surface area (Å²) in [5.41, 5.74) is -0.367. The molecule has 1 amide bonds. The second kappa shape index (κ2) is 12.8. The van der Waals surface area contributed by atoms with Crippen molar-refractivity contribution in [2.75, 3.05) is 16.8 Å². The van der Waals surface area contributed by atoms with Gasteiger partial charge in [-0.05, 0) is 36.1 Å². The highest BCUT2D eigenvalue weighted by Gasteiger charge is 2.32. The van der Waals surface area contributed by atoms with Crippen molar-refractivity contribution < 1.29 is 26.4 Å². The lowest BCUT2D eigenvalue weighted by molar-refractivity contribution is -0.137. The molecule has 3 rings (SSSR count). The molecule has 1 saturated carbocycles. The maximum absolute atomic E-state index is 13.1. The Morgan fingerprint density at radius 2 is 1.94 bits per heavy atom. The number of rotatable bonds is 11. The minimum absolute atomic E-state index is 0.0218. The van der Waals surface area contributed by atoms with E-state index in [2.05, 4.69) is 16.9 Å². The van der Waals surface area contributed by atoms with Gasteiger partial charge in [0, 0.05) is 18.4 Å². The molecule has 10 heteroatoms. The zero-order valence-corrected chi connectivity index (χ0v) is 21.6. The van der Waals surface area contributed by atoms with E-state index in [1.54, 1.807) is 18.3 Å². The van der Waals surface area contributed by atoms with Gasteiger partial charge < -0.3 is 5.32 Å². The number of hydrogen-bond acceptors (Lipinski definition) is 5. The number of thioether (sulfide) groups is 1. The van der Waals surface area contributed by atoms with Crippen molar-refractivity contribution in [3.05, 3.63) is 66.4 Å². The van der Waals surface area contributed by atoms with Crippen LogP contribution in [0.3, 0.4) is 0 Å². The molecule has 0 saturated heterocycles. The van der Waals surface area contributed by atoms with E-state index in [4.69, 9.17) is 0 Å². The molecule has 0 radical (unpaired) electrons. The fourth-order valence-corrected chi connectivity index (χ4v) is 7.36. The number of sulfone groups is 1. The van der Waals surface area contributed by atoms with Gasteiger partial charge in [-0.25, -0.2) is 13.4 Å². The van der Waals surface area contributed by atoms with E-state index in [0.717, 1.165) is 24.6 Å². The monoisotopic (exact) mass is 540 g/mol. The number of anilines is 1. The number of alkyl halides is 3. The summed E-state index contributed by atoms with van der Waals surface area (Å²) < 4.78 is 65.1. The van der Waals surface area contributed by atoms with Gasteiger partial charge in [-0.1, -0.05) is 56.4 Å². The Morgan fingerprint density at radius 1 is 1.19 bits per heavy atom. The minimum atomic E-state index is -4.57. The summed E-state index contributed by atoms with van der Waals surface area (Å²) in [6, 6.07) is 7.70. The van der Waals surface area contributed by atoms with Crippen LogP contribution in [0.5, 0.6) is 0 Å². The van der Waals surface area contributed by atoms with Gasteiger partial charge in [0.25, 0.3) is 0 Å². The van der Waals surface area contributed by atoms with Crippen LogP contribution >= 0.6 is 11.8 Å². The Labute approximate surface area is 214 Å². The zero-order valence-electron chi connectivity index (χ0n) is 20.0. The van der Waals surface area contributed by atoms with E-state index < -0.39 is 26.8 Å². The number of halogens is 3. The maximum Gasteiger partial charge on any atom is 0.416 e. The SMILES string of the molecule is C=CC(c1cccc(C(F)(F)F)c1)S(=O)(=O)CCSc1ncccc1NC(=O)CCC1CCCCC1. The smallest absolute Gasteiger partial charge is 0.324 e. The Balaban J connectivity index is 1.59. The molecule has 1 aromatic carbocycles. The third-order valence-electron chi connectivity index (χ3n) is 6.30. The van der Waals surface area contributed by atoms with Gasteiger partial charge in [0.1, 0.15) is 10.3 Å². The highest BCUT2D eigenvalue weighted by molar-refractivity contribution is 8.00. The van der Waals surface area contributed by atoms with Crippen LogP contribution < -0.4 is 5.32 Å². The number of amides is 1. The second-order valence-corrected chi connectivity index (χ2v) is 12.3. The molecular formula is C26H31F3N2O3S2. The molecule has 1 heterocycles. The summed E-state index contributed by atoms with van der Waals surface area (Å²) in [5.74, 6) is 0.315. The fraction of sp³-hybridized carbons (Fsp3) is 0.462. The summed E-state index contributed by atoms with van der Waals surface area (Å²) in [7, 11) is -3.84. The molecule has 1 fully saturated rings. The van der Waals surface area contributed by atoms with Crippen molar-refractivity contribution in [1.82, 2.24) is 4.98 Å². The van der Waals surface area contributed by atoms with Gasteiger partial charge >= 0.3 is 6.18 Å². The van der Waals surface area contributed by atoms with Crippen LogP contribution in [0.15, 0.2) is 60.3 Å². The van der Waals surface area contributed by atoms with Crippen LogP contribution in [0, 0.1) is 5.92 Å². The van der Waals surface area contributed by atoms with Crippen LogP contribution in [0.25, 0.3) is 0 Å². The molecule has 196 valence electrons. The summed E-state index contributed by atoms with van der Waals surface area (Å²) in [6.07, 6.45) is 5.46. The van der Waals surface area contributed by atoms with Gasteiger partial charge in [-0.2, -0.15) is 13.2 Å². The van der Waals surface area contributed by atoms with E-state index in [9.17, 15) is 26.4 Å². The number of nitrogens with one attached hydrogen (secondary N) is 1. The molecule has 0 aliphatic heterocycles. The lowest BCUT2D eigenvalue weighted by Gasteiger charge is -2.21. The highest BCUT2D eigenvalue weighted by atomic mass is 32.2. The summed E-state index contributed by atoms with van der Waals surface area (Å²) in [6.45, 7) is 3.53. The van der Waals surface area contributed by atoms with Gasteiger partial charge in [0.2, 0.25) is 5.91 Å². The predicted octanol–water partition coefficient (Wildman–Crippen LogP) is 6.83. The number of aromatic nitrogens is 1. The first-order valence-electron chi connectivity index (χ1n) is 12.0. The van der Waals surface area contributed by atoms with Crippen LogP contribution in [-0.4, -0.2) is 30.8 Å². The Hall–Kier alpha value is -2.33. The number of nitrogens with zero attached hydrogens (tertiary/aromatic N) is 1. The van der Waals surface area contributed by atoms with Gasteiger partial charge in [0.15, 0.2) is 9.84 Å². The second-order valence-electron chi connectivity index (χ2n) is 8.94. The van der Waals surface area contributed by atoms with Gasteiger partial charge in [0.05, 0.1) is 17.0 Å². The first-order chi connectivity index (χ1) is 17.1. The minimum Gasteiger partial charge on any atom is -0.324 e. The molecule has 1 aliphatic rings. The Bertz CT molecular complexity index is 1150. The number of carbonyl (C=O) groups excluding carboxylic acids is 1. The topological polar surface area (TPSA) is 76.1 Å². The number of benzene rings is 1. The average Bonchev–Trinajstić information content (AvgIpc) is 2.84. The molecular weight excluding hydrogens is 509 g/mol. The van der Waals surface area contributed by atoms with Crippen molar-refractivity contribution in [2.24, 2.45) is 5.92 Å². The molecule has 5 nitrogen and oxygen atoms in total. The molecule has 0 spiro atoms. The van der Waals surface area contributed by atoms with Crippen LogP contribution in [0.2, 0.25) is 0 Å². The normalized spacial score (nSPS) is 15.9. The number of hydrogen-bond donors (Lipinski definition) is 1. The highest BCUT2D eigenvalue weighted by Crippen LogP contribution is 2.34. The molecule has 36 heavy (non-hydrogen) atoms. The molecule has 2 aromatic rings. The average molecular weight is 541 g/mol. The lowest BCUT2D eigenvalue weighted by atomic mass is 9.86. The van der Waals surface area contributed by atoms with E-state index >= 15 is 0 Å². The largest absolute Gasteiger partial charge is 0.416 e. The van der Waals surface area contributed by atoms with Crippen molar-refractivity contribution in [1.29, 1.82) is 0 Å². The standard InChI is InChI=1S/C26H31F3N2O3S2/c1-2-23(20-10-6-11-21(18-20)26(27,28)29)36(33,34)17-16-35-25-22(12-7-15-30-25)31-24(32)14-13-19-8-4-3-5-9-19/h2,6-7,10-12,15,18-19,23H,1,3-5,8-9,13-14,16-17H2,(H,31,32). The predicted molar refractivity (Wildman–Crippen MR) is 138 cm³/mol. The Morgan fingerprint density at radius 3 is 2.64 bits per heavy atom. The number of carbonyl (C=O) groups is 1. The number of pyridine rings is 1. The van der Waals surface area contributed by atoms with E-state index in [-0.39, 0.29) is 23.0 Å². The summed E-state index contributed by atoms with van der Waals surface area (Å²) >= 11 is 1.17. The van der Waals surface area contributed by atoms with E-state index in [0.29, 0.717) is 23.1 Å². The molecule has 1 atom stereocenters. The molecule has 1 aliphatic carbocycles. The maximum atomic E-state index is 13.1. The molecule has 1 N–H and O–H groups in total. The molecule has 0 bridgehead atoms. The van der Waals surface area contributed by atoms with Crippen LogP contribution in [0.1, 0.15) is 61.3 Å².